The van der Waals surface area contributed by atoms with Crippen LogP contribution >= 0.6 is 0 Å². The van der Waals surface area contributed by atoms with Crippen LogP contribution in [0.15, 0.2) is 35.9 Å². The monoisotopic (exact) mass is 464 g/mol. The van der Waals surface area contributed by atoms with Gasteiger partial charge in [-0.3, -0.25) is 4.79 Å². The van der Waals surface area contributed by atoms with Crippen molar-refractivity contribution in [3.05, 3.63) is 58.2 Å². The van der Waals surface area contributed by atoms with E-state index in [0.29, 0.717) is 40.7 Å². The SMILES string of the molecule is COc1cc(OC)cc([C@@H]2CC(=O)c3c(OC)c4c(c(CC=C(C)C)c3O2)OC(C)(C)C=C4)c1. The van der Waals surface area contributed by atoms with E-state index in [1.165, 1.54) is 5.57 Å². The summed E-state index contributed by atoms with van der Waals surface area (Å²) in [5.74, 6) is 2.94. The molecule has 2 aliphatic heterocycles. The number of carbonyl (C=O) groups excluding carboxylic acids is 1. The van der Waals surface area contributed by atoms with E-state index in [4.69, 9.17) is 23.7 Å². The van der Waals surface area contributed by atoms with Crippen molar-refractivity contribution in [3.8, 4) is 28.7 Å². The van der Waals surface area contributed by atoms with Gasteiger partial charge in [0, 0.05) is 17.2 Å². The van der Waals surface area contributed by atoms with E-state index in [2.05, 4.69) is 6.08 Å². The Morgan fingerprint density at radius 1 is 1.06 bits per heavy atom. The molecule has 2 heterocycles. The molecule has 34 heavy (non-hydrogen) atoms. The lowest BCUT2D eigenvalue weighted by molar-refractivity contribution is 0.0838. The Hall–Kier alpha value is -3.41. The fourth-order valence-electron chi connectivity index (χ4n) is 4.35. The van der Waals surface area contributed by atoms with Gasteiger partial charge in [-0.1, -0.05) is 11.6 Å². The molecule has 2 aliphatic rings. The first-order chi connectivity index (χ1) is 16.2. The molecule has 0 aliphatic carbocycles. The maximum atomic E-state index is 13.6. The number of hydrogen-bond donors (Lipinski definition) is 0. The maximum Gasteiger partial charge on any atom is 0.174 e. The van der Waals surface area contributed by atoms with E-state index in [9.17, 15) is 4.79 Å². The van der Waals surface area contributed by atoms with Gasteiger partial charge in [-0.15, -0.1) is 0 Å². The molecule has 0 aromatic heterocycles. The highest BCUT2D eigenvalue weighted by molar-refractivity contribution is 6.05. The summed E-state index contributed by atoms with van der Waals surface area (Å²) < 4.78 is 29.6. The molecule has 6 nitrogen and oxygen atoms in total. The quantitative estimate of drug-likeness (QED) is 0.481. The molecule has 0 bridgehead atoms. The van der Waals surface area contributed by atoms with Crippen LogP contribution < -0.4 is 23.7 Å². The van der Waals surface area contributed by atoms with E-state index in [-0.39, 0.29) is 12.2 Å². The number of carbonyl (C=O) groups is 1. The van der Waals surface area contributed by atoms with Crippen molar-refractivity contribution < 1.29 is 28.5 Å². The fraction of sp³-hybridized carbons (Fsp3) is 0.393. The second kappa shape index (κ2) is 9.09. The van der Waals surface area contributed by atoms with Crippen LogP contribution in [0.25, 0.3) is 6.08 Å². The first kappa shape index (κ1) is 23.7. The van der Waals surface area contributed by atoms with Gasteiger partial charge in [0.2, 0.25) is 0 Å². The van der Waals surface area contributed by atoms with Crippen molar-refractivity contribution in [2.45, 2.75) is 52.2 Å². The van der Waals surface area contributed by atoms with E-state index in [1.807, 2.05) is 52.0 Å². The fourth-order valence-corrected chi connectivity index (χ4v) is 4.35. The number of methoxy groups -OCH3 is 3. The molecule has 0 saturated heterocycles. The first-order valence-corrected chi connectivity index (χ1v) is 11.4. The number of Topliss-reactive ketones (excluding diaryl/α,β-unsaturated/α-hetero) is 1. The molecule has 6 heteroatoms. The molecule has 0 amide bonds. The smallest absolute Gasteiger partial charge is 0.174 e. The molecule has 2 aromatic rings. The van der Waals surface area contributed by atoms with Gasteiger partial charge in [0.05, 0.1) is 33.3 Å². The number of rotatable bonds is 6. The Labute approximate surface area is 201 Å². The van der Waals surface area contributed by atoms with Crippen molar-refractivity contribution in [2.75, 3.05) is 21.3 Å². The van der Waals surface area contributed by atoms with E-state index < -0.39 is 11.7 Å². The number of ketones is 1. The summed E-state index contributed by atoms with van der Waals surface area (Å²) in [6, 6.07) is 5.54. The van der Waals surface area contributed by atoms with E-state index in [1.54, 1.807) is 27.4 Å². The van der Waals surface area contributed by atoms with Crippen LogP contribution in [-0.2, 0) is 6.42 Å². The summed E-state index contributed by atoms with van der Waals surface area (Å²) in [5.41, 5.74) is 3.57. The van der Waals surface area contributed by atoms with E-state index in [0.717, 1.165) is 16.7 Å². The Balaban J connectivity index is 1.92. The Bertz CT molecular complexity index is 1160. The predicted molar refractivity (Wildman–Crippen MR) is 132 cm³/mol. The second-order valence-corrected chi connectivity index (χ2v) is 9.36. The van der Waals surface area contributed by atoms with Crippen molar-refractivity contribution in [3.63, 3.8) is 0 Å². The van der Waals surface area contributed by atoms with Gasteiger partial charge < -0.3 is 23.7 Å². The summed E-state index contributed by atoms with van der Waals surface area (Å²) in [5, 5.41) is 0. The third-order valence-corrected chi connectivity index (χ3v) is 6.08. The number of benzene rings is 2. The molecule has 2 aromatic carbocycles. The Morgan fingerprint density at radius 3 is 2.32 bits per heavy atom. The van der Waals surface area contributed by atoms with Gasteiger partial charge in [-0.2, -0.15) is 0 Å². The van der Waals surface area contributed by atoms with Crippen LogP contribution in [0, 0.1) is 0 Å². The first-order valence-electron chi connectivity index (χ1n) is 11.4. The molecule has 0 radical (unpaired) electrons. The average Bonchev–Trinajstić information content (AvgIpc) is 2.80. The maximum absolute atomic E-state index is 13.6. The average molecular weight is 465 g/mol. The Morgan fingerprint density at radius 2 is 1.74 bits per heavy atom. The molecule has 1 atom stereocenters. The minimum absolute atomic E-state index is 0.0376. The Kier molecular flexibility index (Phi) is 6.34. The number of hydrogen-bond acceptors (Lipinski definition) is 6. The summed E-state index contributed by atoms with van der Waals surface area (Å²) in [6.07, 6.45) is 6.33. The molecule has 0 unspecified atom stereocenters. The zero-order valence-corrected chi connectivity index (χ0v) is 20.9. The van der Waals surface area contributed by atoms with Crippen LogP contribution in [0.3, 0.4) is 0 Å². The topological polar surface area (TPSA) is 63.2 Å². The van der Waals surface area contributed by atoms with Gasteiger partial charge in [0.15, 0.2) is 5.78 Å². The number of fused-ring (bicyclic) bond motifs is 2. The van der Waals surface area contributed by atoms with Gasteiger partial charge in [-0.25, -0.2) is 0 Å². The van der Waals surface area contributed by atoms with Crippen LogP contribution in [0.5, 0.6) is 28.7 Å². The van der Waals surface area contributed by atoms with Crippen molar-refractivity contribution >= 4 is 11.9 Å². The van der Waals surface area contributed by atoms with Crippen LogP contribution in [0.1, 0.15) is 67.3 Å². The van der Waals surface area contributed by atoms with Crippen LogP contribution in [0.2, 0.25) is 0 Å². The lowest BCUT2D eigenvalue weighted by Gasteiger charge is -2.35. The molecular weight excluding hydrogens is 432 g/mol. The van der Waals surface area contributed by atoms with Crippen molar-refractivity contribution in [1.82, 2.24) is 0 Å². The highest BCUT2D eigenvalue weighted by Crippen LogP contribution is 2.52. The molecule has 0 N–H and O–H groups in total. The predicted octanol–water partition coefficient (Wildman–Crippen LogP) is 6.11. The second-order valence-electron chi connectivity index (χ2n) is 9.36. The summed E-state index contributed by atoms with van der Waals surface area (Å²) in [7, 11) is 4.77. The van der Waals surface area contributed by atoms with Gasteiger partial charge >= 0.3 is 0 Å². The lowest BCUT2D eigenvalue weighted by atomic mass is 9.88. The summed E-state index contributed by atoms with van der Waals surface area (Å²) in [4.78, 5) is 13.6. The number of ether oxygens (including phenoxy) is 5. The largest absolute Gasteiger partial charge is 0.497 e. The third kappa shape index (κ3) is 4.37. The minimum Gasteiger partial charge on any atom is -0.497 e. The molecular formula is C28H32O6. The van der Waals surface area contributed by atoms with Crippen LogP contribution in [0.4, 0.5) is 0 Å². The molecule has 0 saturated carbocycles. The molecule has 180 valence electrons. The highest BCUT2D eigenvalue weighted by atomic mass is 16.5. The number of allylic oxidation sites excluding steroid dienone is 2. The van der Waals surface area contributed by atoms with Crippen molar-refractivity contribution in [1.29, 1.82) is 0 Å². The zero-order valence-electron chi connectivity index (χ0n) is 20.9. The minimum atomic E-state index is -0.496. The highest BCUT2D eigenvalue weighted by Gasteiger charge is 2.38. The van der Waals surface area contributed by atoms with Gasteiger partial charge in [-0.05, 0) is 58.4 Å². The van der Waals surface area contributed by atoms with Crippen molar-refractivity contribution in [2.24, 2.45) is 0 Å². The third-order valence-electron chi connectivity index (χ3n) is 6.08. The molecule has 4 rings (SSSR count). The van der Waals surface area contributed by atoms with Gasteiger partial charge in [0.25, 0.3) is 0 Å². The molecule has 0 spiro atoms. The summed E-state index contributed by atoms with van der Waals surface area (Å²) in [6.45, 7) is 8.09. The summed E-state index contributed by atoms with van der Waals surface area (Å²) >= 11 is 0. The van der Waals surface area contributed by atoms with E-state index >= 15 is 0 Å². The standard InChI is InChI=1S/C28H32O6/c1-16(2)8-9-20-25-21(10-11-28(3,4)34-25)26(32-7)24-22(29)15-23(33-27(20)24)17-12-18(30-5)14-19(13-17)31-6/h8,10-14,23H,9,15H2,1-7H3/t23-/m0/s1. The molecule has 0 fully saturated rings. The zero-order chi connectivity index (χ0) is 24.6. The normalized spacial score (nSPS) is 17.6. The van der Waals surface area contributed by atoms with Crippen LogP contribution in [-0.4, -0.2) is 32.7 Å². The lowest BCUT2D eigenvalue weighted by Crippen LogP contribution is -2.30. The van der Waals surface area contributed by atoms with Gasteiger partial charge in [0.1, 0.15) is 46.0 Å².